The van der Waals surface area contributed by atoms with Crippen molar-refractivity contribution in [3.63, 3.8) is 0 Å². The topological polar surface area (TPSA) is 76.5 Å². The summed E-state index contributed by atoms with van der Waals surface area (Å²) in [6, 6.07) is 0. The summed E-state index contributed by atoms with van der Waals surface area (Å²) in [5, 5.41) is 12.1. The number of hydrogen-bond donors (Lipinski definition) is 2. The van der Waals surface area contributed by atoms with E-state index in [2.05, 4.69) is 15.3 Å². The molecule has 0 aliphatic heterocycles. The minimum absolute atomic E-state index is 0.159. The van der Waals surface area contributed by atoms with Gasteiger partial charge in [-0.25, -0.2) is 9.97 Å². The Labute approximate surface area is 101 Å². The van der Waals surface area contributed by atoms with Gasteiger partial charge in [0.2, 0.25) is 11.8 Å². The largest absolute Gasteiger partial charge is 0.481 e. The summed E-state index contributed by atoms with van der Waals surface area (Å²) in [6.45, 7) is 3.37. The number of methoxy groups -OCH3 is 2. The Balaban J connectivity index is 2.67. The molecule has 1 aromatic rings. The van der Waals surface area contributed by atoms with Gasteiger partial charge in [-0.1, -0.05) is 6.92 Å². The quantitative estimate of drug-likeness (QED) is 0.711. The Kier molecular flexibility index (Phi) is 5.65. The van der Waals surface area contributed by atoms with Crippen LogP contribution < -0.4 is 14.8 Å². The van der Waals surface area contributed by atoms with E-state index < -0.39 is 0 Å². The maximum atomic E-state index is 8.92. The fourth-order valence-electron chi connectivity index (χ4n) is 1.39. The molecule has 0 saturated carbocycles. The van der Waals surface area contributed by atoms with E-state index in [1.165, 1.54) is 6.33 Å². The molecule has 0 saturated heterocycles. The maximum Gasteiger partial charge on any atom is 0.224 e. The van der Waals surface area contributed by atoms with Gasteiger partial charge in [-0.15, -0.1) is 0 Å². The average molecular weight is 241 g/mol. The van der Waals surface area contributed by atoms with Gasteiger partial charge in [0, 0.05) is 19.7 Å². The van der Waals surface area contributed by atoms with Crippen LogP contribution in [0, 0.1) is 5.92 Å². The first kappa shape index (κ1) is 13.7. The first-order chi connectivity index (χ1) is 8.22. The summed E-state index contributed by atoms with van der Waals surface area (Å²) in [7, 11) is 3.11. The van der Waals surface area contributed by atoms with Crippen molar-refractivity contribution in [2.75, 3.05) is 27.4 Å². The zero-order valence-corrected chi connectivity index (χ0v) is 10.4. The molecule has 0 aliphatic carbocycles. The van der Waals surface area contributed by atoms with Crippen molar-refractivity contribution in [1.29, 1.82) is 0 Å². The van der Waals surface area contributed by atoms with Gasteiger partial charge in [0.1, 0.15) is 6.33 Å². The fraction of sp³-hybridized carbons (Fsp3) is 0.636. The standard InChI is InChI=1S/C11H19N3O3/c1-8(6-15)4-12-5-9-10(16-2)13-7-14-11(9)17-3/h7-8,12,15H,4-6H2,1-3H3. The molecular weight excluding hydrogens is 222 g/mol. The molecule has 1 aromatic heterocycles. The molecule has 6 nitrogen and oxygen atoms in total. The fourth-order valence-corrected chi connectivity index (χ4v) is 1.39. The Morgan fingerprint density at radius 1 is 1.29 bits per heavy atom. The maximum absolute atomic E-state index is 8.92. The number of ether oxygens (including phenoxy) is 2. The molecule has 0 spiro atoms. The van der Waals surface area contributed by atoms with Crippen molar-refractivity contribution >= 4 is 0 Å². The van der Waals surface area contributed by atoms with Crippen LogP contribution in [0.25, 0.3) is 0 Å². The van der Waals surface area contributed by atoms with Crippen molar-refractivity contribution in [3.05, 3.63) is 11.9 Å². The van der Waals surface area contributed by atoms with Crippen LogP contribution in [0.15, 0.2) is 6.33 Å². The van der Waals surface area contributed by atoms with Crippen LogP contribution in [0.5, 0.6) is 11.8 Å². The molecule has 2 N–H and O–H groups in total. The van der Waals surface area contributed by atoms with E-state index in [1.807, 2.05) is 6.92 Å². The van der Waals surface area contributed by atoms with Crippen LogP contribution in [0.3, 0.4) is 0 Å². The molecule has 1 rings (SSSR count). The van der Waals surface area contributed by atoms with Gasteiger partial charge >= 0.3 is 0 Å². The third-order valence-corrected chi connectivity index (χ3v) is 2.36. The van der Waals surface area contributed by atoms with E-state index in [0.717, 1.165) is 5.56 Å². The molecule has 96 valence electrons. The molecule has 1 unspecified atom stereocenters. The third-order valence-electron chi connectivity index (χ3n) is 2.36. The highest BCUT2D eigenvalue weighted by molar-refractivity contribution is 5.34. The Morgan fingerprint density at radius 3 is 2.35 bits per heavy atom. The highest BCUT2D eigenvalue weighted by Gasteiger charge is 2.12. The SMILES string of the molecule is COc1ncnc(OC)c1CNCC(C)CO. The second-order valence-electron chi connectivity index (χ2n) is 3.79. The lowest BCUT2D eigenvalue weighted by Gasteiger charge is -2.13. The summed E-state index contributed by atoms with van der Waals surface area (Å²) >= 11 is 0. The van der Waals surface area contributed by atoms with Gasteiger partial charge in [0.25, 0.3) is 0 Å². The predicted molar refractivity (Wildman–Crippen MR) is 63.1 cm³/mol. The van der Waals surface area contributed by atoms with Crippen molar-refractivity contribution in [2.24, 2.45) is 5.92 Å². The van der Waals surface area contributed by atoms with Crippen molar-refractivity contribution in [1.82, 2.24) is 15.3 Å². The third kappa shape index (κ3) is 3.83. The van der Waals surface area contributed by atoms with Crippen LogP contribution in [0.4, 0.5) is 0 Å². The molecule has 6 heteroatoms. The second-order valence-corrected chi connectivity index (χ2v) is 3.79. The number of aromatic nitrogens is 2. The van der Waals surface area contributed by atoms with E-state index >= 15 is 0 Å². The Bertz CT molecular complexity index is 324. The van der Waals surface area contributed by atoms with Crippen LogP contribution in [0.2, 0.25) is 0 Å². The highest BCUT2D eigenvalue weighted by atomic mass is 16.5. The first-order valence-corrected chi connectivity index (χ1v) is 5.46. The summed E-state index contributed by atoms with van der Waals surface area (Å²) in [5.41, 5.74) is 0.780. The molecule has 0 aromatic carbocycles. The zero-order valence-electron chi connectivity index (χ0n) is 10.4. The molecule has 0 fully saturated rings. The summed E-state index contributed by atoms with van der Waals surface area (Å²) in [6.07, 6.45) is 1.40. The number of aliphatic hydroxyl groups excluding tert-OH is 1. The van der Waals surface area contributed by atoms with Crippen LogP contribution >= 0.6 is 0 Å². The minimum atomic E-state index is 0.159. The molecule has 0 radical (unpaired) electrons. The molecule has 0 amide bonds. The van der Waals surface area contributed by atoms with Gasteiger partial charge < -0.3 is 19.9 Å². The summed E-state index contributed by atoms with van der Waals surface area (Å²) in [4.78, 5) is 8.04. The summed E-state index contributed by atoms with van der Waals surface area (Å²) in [5.74, 6) is 1.21. The molecule has 1 heterocycles. The number of rotatable bonds is 7. The number of nitrogens with one attached hydrogen (secondary N) is 1. The monoisotopic (exact) mass is 241 g/mol. The molecule has 17 heavy (non-hydrogen) atoms. The number of nitrogens with zero attached hydrogens (tertiary/aromatic N) is 2. The van der Waals surface area contributed by atoms with Gasteiger partial charge in [-0.3, -0.25) is 0 Å². The highest BCUT2D eigenvalue weighted by Crippen LogP contribution is 2.22. The predicted octanol–water partition coefficient (Wildman–Crippen LogP) is 0.212. The lowest BCUT2D eigenvalue weighted by atomic mass is 10.2. The van der Waals surface area contributed by atoms with Gasteiger partial charge in [-0.05, 0) is 5.92 Å². The number of hydrogen-bond acceptors (Lipinski definition) is 6. The van der Waals surface area contributed by atoms with Crippen molar-refractivity contribution in [3.8, 4) is 11.8 Å². The molecule has 0 aliphatic rings. The van der Waals surface area contributed by atoms with Crippen LogP contribution in [-0.4, -0.2) is 42.4 Å². The lowest BCUT2D eigenvalue weighted by Crippen LogP contribution is -2.23. The van der Waals surface area contributed by atoms with E-state index in [4.69, 9.17) is 14.6 Å². The second kappa shape index (κ2) is 7.03. The van der Waals surface area contributed by atoms with E-state index in [0.29, 0.717) is 24.8 Å². The number of aliphatic hydroxyl groups is 1. The van der Waals surface area contributed by atoms with Gasteiger partial charge in [-0.2, -0.15) is 0 Å². The Hall–Kier alpha value is -1.40. The molecular formula is C11H19N3O3. The lowest BCUT2D eigenvalue weighted by molar-refractivity contribution is 0.233. The van der Waals surface area contributed by atoms with Crippen molar-refractivity contribution < 1.29 is 14.6 Å². The average Bonchev–Trinajstić information content (AvgIpc) is 2.38. The van der Waals surface area contributed by atoms with E-state index in [1.54, 1.807) is 14.2 Å². The van der Waals surface area contributed by atoms with Crippen LogP contribution in [-0.2, 0) is 6.54 Å². The summed E-state index contributed by atoms with van der Waals surface area (Å²) < 4.78 is 10.3. The normalized spacial score (nSPS) is 12.2. The van der Waals surface area contributed by atoms with Gasteiger partial charge in [0.05, 0.1) is 19.8 Å². The van der Waals surface area contributed by atoms with Crippen molar-refractivity contribution in [2.45, 2.75) is 13.5 Å². The van der Waals surface area contributed by atoms with Crippen LogP contribution in [0.1, 0.15) is 12.5 Å². The van der Waals surface area contributed by atoms with E-state index in [9.17, 15) is 0 Å². The first-order valence-electron chi connectivity index (χ1n) is 5.46. The van der Waals surface area contributed by atoms with E-state index in [-0.39, 0.29) is 12.5 Å². The smallest absolute Gasteiger partial charge is 0.224 e. The zero-order chi connectivity index (χ0) is 12.7. The minimum Gasteiger partial charge on any atom is -0.481 e. The van der Waals surface area contributed by atoms with Gasteiger partial charge in [0.15, 0.2) is 0 Å². The molecule has 0 bridgehead atoms. The Morgan fingerprint density at radius 2 is 1.88 bits per heavy atom. The molecule has 1 atom stereocenters.